The minimum Gasteiger partial charge on any atom is -0.475 e. The van der Waals surface area contributed by atoms with Gasteiger partial charge in [0.2, 0.25) is 0 Å². The molecule has 0 aliphatic carbocycles. The first-order valence-corrected chi connectivity index (χ1v) is 13.7. The number of aromatic nitrogens is 2. The van der Waals surface area contributed by atoms with Crippen molar-refractivity contribution < 1.29 is 23.5 Å². The van der Waals surface area contributed by atoms with Crippen LogP contribution in [0.2, 0.25) is 0 Å². The van der Waals surface area contributed by atoms with E-state index < -0.39 is 0 Å². The zero-order valence-electron chi connectivity index (χ0n) is 21.0. The first-order valence-electron chi connectivity index (χ1n) is 12.9. The molecular weight excluding hydrogens is 462 g/mol. The summed E-state index contributed by atoms with van der Waals surface area (Å²) in [7, 11) is 2.17. The minimum absolute atomic E-state index is 0.100. The molecule has 2 unspecified atom stereocenters. The van der Waals surface area contributed by atoms with E-state index in [1.165, 1.54) is 24.6 Å². The van der Waals surface area contributed by atoms with Crippen molar-refractivity contribution in [1.82, 2.24) is 8.75 Å². The molecule has 1 saturated heterocycles. The molecule has 2 aromatic rings. The van der Waals surface area contributed by atoms with E-state index in [-0.39, 0.29) is 18.1 Å². The van der Waals surface area contributed by atoms with Gasteiger partial charge in [0, 0.05) is 25.2 Å². The van der Waals surface area contributed by atoms with Crippen LogP contribution in [-0.4, -0.2) is 59.2 Å². The fourth-order valence-corrected chi connectivity index (χ4v) is 5.45. The Balaban J connectivity index is 1.50. The molecule has 35 heavy (non-hydrogen) atoms. The third-order valence-electron chi connectivity index (χ3n) is 6.99. The van der Waals surface area contributed by atoms with Crippen LogP contribution in [-0.2, 0) is 14.3 Å². The van der Waals surface area contributed by atoms with Gasteiger partial charge >= 0.3 is 5.97 Å². The molecule has 8 heteroatoms. The first-order chi connectivity index (χ1) is 17.1. The quantitative estimate of drug-likeness (QED) is 0.234. The van der Waals surface area contributed by atoms with Gasteiger partial charge in [0.05, 0.1) is 43.4 Å². The fourth-order valence-electron chi connectivity index (χ4n) is 4.92. The van der Waals surface area contributed by atoms with Gasteiger partial charge in [0.25, 0.3) is 12.1 Å². The van der Waals surface area contributed by atoms with E-state index in [1.807, 2.05) is 18.2 Å². The molecule has 0 amide bonds. The van der Waals surface area contributed by atoms with Gasteiger partial charge in [0.1, 0.15) is 12.2 Å². The van der Waals surface area contributed by atoms with E-state index in [0.29, 0.717) is 36.7 Å². The number of hydrogen-bond acceptors (Lipinski definition) is 7. The van der Waals surface area contributed by atoms with Crippen molar-refractivity contribution in [1.29, 1.82) is 0 Å². The second kappa shape index (κ2) is 12.6. The first kappa shape index (κ1) is 25.8. The topological polar surface area (TPSA) is 70.5 Å². The molecule has 7 nitrogen and oxygen atoms in total. The van der Waals surface area contributed by atoms with Gasteiger partial charge in [-0.3, -0.25) is 9.28 Å². The van der Waals surface area contributed by atoms with Gasteiger partial charge < -0.3 is 14.2 Å². The fraction of sp³-hybridized carbons (Fsp3) is 0.593. The summed E-state index contributed by atoms with van der Waals surface area (Å²) in [6.07, 6.45) is 8.78. The van der Waals surface area contributed by atoms with Crippen LogP contribution < -0.4 is 4.74 Å². The Morgan fingerprint density at radius 3 is 2.74 bits per heavy atom. The number of benzene rings is 1. The van der Waals surface area contributed by atoms with E-state index in [4.69, 9.17) is 14.2 Å². The van der Waals surface area contributed by atoms with Crippen molar-refractivity contribution in [3.63, 3.8) is 0 Å². The Hall–Kier alpha value is -2.29. The summed E-state index contributed by atoms with van der Waals surface area (Å²) in [4.78, 5) is 13.2. The molecule has 0 radical (unpaired) electrons. The standard InChI is InChI=1S/C27H38N3O4S/c1-3-4-5-9-17-33-25-24(28-35-29-25)23-13-10-16-30(2,20-23)26(21-11-7-6-8-12-21)34-27(31)22-14-18-32-19-15-22/h6-8,11-13,22,26H,3-5,9-10,14-20H2,1-2H3/q+1. The number of esters is 1. The molecule has 1 fully saturated rings. The van der Waals surface area contributed by atoms with Crippen molar-refractivity contribution in [2.75, 3.05) is 40.0 Å². The summed E-state index contributed by atoms with van der Waals surface area (Å²) in [5.74, 6) is 0.405. The minimum atomic E-state index is -0.389. The van der Waals surface area contributed by atoms with Crippen LogP contribution in [0.3, 0.4) is 0 Å². The maximum atomic E-state index is 13.2. The molecule has 0 N–H and O–H groups in total. The molecule has 0 saturated carbocycles. The summed E-state index contributed by atoms with van der Waals surface area (Å²) in [5, 5.41) is 0. The van der Waals surface area contributed by atoms with Crippen molar-refractivity contribution >= 4 is 23.3 Å². The number of ether oxygens (including phenoxy) is 3. The third-order valence-corrected chi connectivity index (χ3v) is 7.51. The smallest absolute Gasteiger partial charge is 0.313 e. The molecular formula is C27H38N3O4S+. The molecule has 190 valence electrons. The Bertz CT molecular complexity index is 974. The van der Waals surface area contributed by atoms with Crippen LogP contribution in [0.25, 0.3) is 5.57 Å². The molecule has 1 aromatic heterocycles. The largest absolute Gasteiger partial charge is 0.475 e. The van der Waals surface area contributed by atoms with Gasteiger partial charge in [-0.15, -0.1) is 4.37 Å². The number of carbonyl (C=O) groups is 1. The Morgan fingerprint density at radius 2 is 1.97 bits per heavy atom. The lowest BCUT2D eigenvalue weighted by molar-refractivity contribution is -0.953. The van der Waals surface area contributed by atoms with Crippen LogP contribution in [0.5, 0.6) is 5.88 Å². The summed E-state index contributed by atoms with van der Waals surface area (Å²) >= 11 is 1.19. The third kappa shape index (κ3) is 6.68. The van der Waals surface area contributed by atoms with Crippen LogP contribution >= 0.6 is 11.7 Å². The maximum absolute atomic E-state index is 13.2. The molecule has 0 bridgehead atoms. The van der Waals surface area contributed by atoms with Crippen LogP contribution in [0.1, 0.15) is 69.4 Å². The lowest BCUT2D eigenvalue weighted by Crippen LogP contribution is -2.52. The van der Waals surface area contributed by atoms with E-state index in [9.17, 15) is 4.79 Å². The van der Waals surface area contributed by atoms with Crippen molar-refractivity contribution in [2.24, 2.45) is 5.92 Å². The van der Waals surface area contributed by atoms with Crippen molar-refractivity contribution in [2.45, 2.75) is 58.1 Å². The summed E-state index contributed by atoms with van der Waals surface area (Å²) in [6.45, 7) is 5.66. The van der Waals surface area contributed by atoms with Crippen molar-refractivity contribution in [3.8, 4) is 5.88 Å². The summed E-state index contributed by atoms with van der Waals surface area (Å²) in [6, 6.07) is 10.1. The molecule has 1 aromatic carbocycles. The molecule has 4 rings (SSSR count). The average Bonchev–Trinajstić information content (AvgIpc) is 3.36. The number of nitrogens with zero attached hydrogens (tertiary/aromatic N) is 3. The predicted octanol–water partition coefficient (Wildman–Crippen LogP) is 5.40. The molecule has 2 aliphatic rings. The predicted molar refractivity (Wildman–Crippen MR) is 137 cm³/mol. The molecule has 2 atom stereocenters. The van der Waals surface area contributed by atoms with Crippen LogP contribution in [0.15, 0.2) is 36.4 Å². The second-order valence-electron chi connectivity index (χ2n) is 9.79. The maximum Gasteiger partial charge on any atom is 0.313 e. The van der Waals surface area contributed by atoms with Gasteiger partial charge in [-0.1, -0.05) is 50.5 Å². The average molecular weight is 501 g/mol. The zero-order valence-corrected chi connectivity index (χ0v) is 21.8. The van der Waals surface area contributed by atoms with Gasteiger partial charge in [-0.2, -0.15) is 4.37 Å². The Labute approximate surface area is 213 Å². The normalized spacial score (nSPS) is 21.8. The highest BCUT2D eigenvalue weighted by Gasteiger charge is 2.41. The number of unbranched alkanes of at least 4 members (excludes halogenated alkanes) is 3. The van der Waals surface area contributed by atoms with Crippen LogP contribution in [0.4, 0.5) is 0 Å². The summed E-state index contributed by atoms with van der Waals surface area (Å²) in [5.41, 5.74) is 2.96. The highest BCUT2D eigenvalue weighted by molar-refractivity contribution is 6.99. The summed E-state index contributed by atoms with van der Waals surface area (Å²) < 4.78 is 27.4. The van der Waals surface area contributed by atoms with Crippen LogP contribution in [0, 0.1) is 5.92 Å². The Kier molecular flexibility index (Phi) is 9.29. The van der Waals surface area contributed by atoms with E-state index >= 15 is 0 Å². The Morgan fingerprint density at radius 1 is 1.17 bits per heavy atom. The van der Waals surface area contributed by atoms with E-state index in [1.54, 1.807) is 0 Å². The highest BCUT2D eigenvalue weighted by atomic mass is 32.1. The number of rotatable bonds is 11. The number of likely N-dealkylation sites (N-methyl/N-ethyl adjacent to an activating group) is 1. The lowest BCUT2D eigenvalue weighted by Gasteiger charge is -2.43. The SMILES string of the molecule is CCCCCCOc1nsnc1C1=CCC[N+](C)(C(OC(=O)C2CCOCC2)c2ccccc2)C1. The van der Waals surface area contributed by atoms with Gasteiger partial charge in [-0.05, 0) is 31.4 Å². The molecule has 2 aliphatic heterocycles. The van der Waals surface area contributed by atoms with Gasteiger partial charge in [-0.25, -0.2) is 0 Å². The second-order valence-corrected chi connectivity index (χ2v) is 10.3. The molecule has 3 heterocycles. The van der Waals surface area contributed by atoms with Crippen molar-refractivity contribution in [3.05, 3.63) is 47.7 Å². The highest BCUT2D eigenvalue weighted by Crippen LogP contribution is 2.37. The number of carbonyl (C=O) groups excluding carboxylic acids is 1. The monoisotopic (exact) mass is 500 g/mol. The van der Waals surface area contributed by atoms with Gasteiger partial charge in [0.15, 0.2) is 0 Å². The number of hydrogen-bond donors (Lipinski definition) is 0. The molecule has 0 spiro atoms. The zero-order chi connectivity index (χ0) is 24.5. The van der Waals surface area contributed by atoms with E-state index in [0.717, 1.165) is 55.5 Å². The lowest BCUT2D eigenvalue weighted by atomic mass is 10.00. The van der Waals surface area contributed by atoms with E-state index in [2.05, 4.69) is 40.9 Å². The number of quaternary nitrogens is 1.